The molecule has 0 aliphatic carbocycles. The molecule has 4 rings (SSSR count). The van der Waals surface area contributed by atoms with Gasteiger partial charge in [-0.2, -0.15) is 0 Å². The SMILES string of the molecule is Cc1cccc(-n2c(Cc3cc(=O)[nH]c(=O)[nH]3)nnc2SCC(=O)Nc2ccc(Br)cc2)c1. The van der Waals surface area contributed by atoms with E-state index in [9.17, 15) is 14.4 Å². The summed E-state index contributed by atoms with van der Waals surface area (Å²) < 4.78 is 2.75. The molecular formula is C22H19BrN6O3S. The summed E-state index contributed by atoms with van der Waals surface area (Å²) >= 11 is 4.61. The number of aromatic nitrogens is 5. The van der Waals surface area contributed by atoms with Crippen LogP contribution in [0.1, 0.15) is 17.1 Å². The van der Waals surface area contributed by atoms with Gasteiger partial charge in [-0.05, 0) is 48.9 Å². The highest BCUT2D eigenvalue weighted by Crippen LogP contribution is 2.24. The number of hydrogen-bond acceptors (Lipinski definition) is 6. The summed E-state index contributed by atoms with van der Waals surface area (Å²) in [6.45, 7) is 1.97. The van der Waals surface area contributed by atoms with Crippen LogP contribution in [0.15, 0.2) is 73.8 Å². The molecule has 2 aromatic carbocycles. The Morgan fingerprint density at radius 1 is 1.09 bits per heavy atom. The van der Waals surface area contributed by atoms with E-state index in [0.29, 0.717) is 22.4 Å². The second-order valence-electron chi connectivity index (χ2n) is 7.21. The van der Waals surface area contributed by atoms with E-state index >= 15 is 0 Å². The number of halogens is 1. The largest absolute Gasteiger partial charge is 0.325 e. The third-order valence-corrected chi connectivity index (χ3v) is 6.04. The Kier molecular flexibility index (Phi) is 6.90. The van der Waals surface area contributed by atoms with Crippen LogP contribution in [0.5, 0.6) is 0 Å². The Hall–Kier alpha value is -3.44. The number of nitrogens with zero attached hydrogens (tertiary/aromatic N) is 3. The number of carbonyl (C=O) groups is 1. The maximum atomic E-state index is 12.5. The average Bonchev–Trinajstić information content (AvgIpc) is 3.15. The van der Waals surface area contributed by atoms with Crippen LogP contribution < -0.4 is 16.6 Å². The lowest BCUT2D eigenvalue weighted by Crippen LogP contribution is -2.23. The number of anilines is 1. The van der Waals surface area contributed by atoms with Crippen LogP contribution in [0.2, 0.25) is 0 Å². The topological polar surface area (TPSA) is 126 Å². The van der Waals surface area contributed by atoms with Crippen molar-refractivity contribution in [1.29, 1.82) is 0 Å². The fraction of sp³-hybridized carbons (Fsp3) is 0.136. The van der Waals surface area contributed by atoms with Crippen LogP contribution in [-0.2, 0) is 11.2 Å². The maximum absolute atomic E-state index is 12.5. The van der Waals surface area contributed by atoms with Crippen molar-refractivity contribution in [2.45, 2.75) is 18.5 Å². The number of thioether (sulfide) groups is 1. The molecule has 0 saturated heterocycles. The highest BCUT2D eigenvalue weighted by molar-refractivity contribution is 9.10. The standard InChI is InChI=1S/C22H19BrN6O3S/c1-13-3-2-4-17(9-13)29-18(10-16-11-19(30)26-21(32)25-16)27-28-22(29)33-12-20(31)24-15-7-5-14(23)6-8-15/h2-9,11H,10,12H2,1H3,(H,24,31)(H2,25,26,30,32). The van der Waals surface area contributed by atoms with E-state index in [1.807, 2.05) is 60.0 Å². The molecule has 0 aliphatic rings. The number of amides is 1. The van der Waals surface area contributed by atoms with Crippen LogP contribution in [-0.4, -0.2) is 36.4 Å². The number of rotatable bonds is 7. The highest BCUT2D eigenvalue weighted by Gasteiger charge is 2.17. The first-order chi connectivity index (χ1) is 15.9. The normalized spacial score (nSPS) is 10.8. The van der Waals surface area contributed by atoms with Gasteiger partial charge in [0.25, 0.3) is 5.56 Å². The highest BCUT2D eigenvalue weighted by atomic mass is 79.9. The minimum atomic E-state index is -0.585. The Morgan fingerprint density at radius 3 is 2.61 bits per heavy atom. The van der Waals surface area contributed by atoms with Gasteiger partial charge in [0.15, 0.2) is 5.16 Å². The van der Waals surface area contributed by atoms with Crippen molar-refractivity contribution in [3.05, 3.63) is 97.0 Å². The number of H-pyrrole nitrogens is 2. The lowest BCUT2D eigenvalue weighted by molar-refractivity contribution is -0.113. The Bertz CT molecular complexity index is 1380. The number of benzene rings is 2. The van der Waals surface area contributed by atoms with Gasteiger partial charge in [0.1, 0.15) is 5.82 Å². The maximum Gasteiger partial charge on any atom is 0.325 e. The number of carbonyl (C=O) groups excluding carboxylic acids is 1. The van der Waals surface area contributed by atoms with Gasteiger partial charge >= 0.3 is 5.69 Å². The summed E-state index contributed by atoms with van der Waals surface area (Å²) in [4.78, 5) is 40.6. The number of aryl methyl sites for hydroxylation is 1. The quantitative estimate of drug-likeness (QED) is 0.318. The van der Waals surface area contributed by atoms with Crippen molar-refractivity contribution in [2.24, 2.45) is 0 Å². The van der Waals surface area contributed by atoms with Crippen LogP contribution in [0.25, 0.3) is 5.69 Å². The Labute approximate surface area is 200 Å². The molecule has 0 bridgehead atoms. The van der Waals surface area contributed by atoms with Gasteiger partial charge in [0.2, 0.25) is 5.91 Å². The number of aromatic amines is 2. The molecule has 0 atom stereocenters. The molecule has 11 heteroatoms. The molecule has 1 amide bonds. The molecule has 0 fully saturated rings. The van der Waals surface area contributed by atoms with Crippen LogP contribution in [0.4, 0.5) is 5.69 Å². The molecular weight excluding hydrogens is 508 g/mol. The molecule has 0 saturated carbocycles. The molecule has 0 spiro atoms. The molecule has 0 aliphatic heterocycles. The summed E-state index contributed by atoms with van der Waals surface area (Å²) in [6.07, 6.45) is 0.186. The van der Waals surface area contributed by atoms with Crippen LogP contribution in [0.3, 0.4) is 0 Å². The first-order valence-electron chi connectivity index (χ1n) is 9.89. The number of hydrogen-bond donors (Lipinski definition) is 3. The third kappa shape index (κ3) is 5.88. The minimum Gasteiger partial charge on any atom is -0.325 e. The van der Waals surface area contributed by atoms with Crippen molar-refractivity contribution in [2.75, 3.05) is 11.1 Å². The van der Waals surface area contributed by atoms with E-state index in [0.717, 1.165) is 15.7 Å². The van der Waals surface area contributed by atoms with Gasteiger partial charge in [-0.3, -0.25) is 19.1 Å². The molecule has 0 radical (unpaired) electrons. The van der Waals surface area contributed by atoms with Crippen molar-refractivity contribution < 1.29 is 4.79 Å². The van der Waals surface area contributed by atoms with Crippen LogP contribution in [0, 0.1) is 6.92 Å². The number of nitrogens with one attached hydrogen (secondary N) is 3. The summed E-state index contributed by atoms with van der Waals surface area (Å²) in [6, 6.07) is 16.4. The van der Waals surface area contributed by atoms with Gasteiger partial charge in [-0.25, -0.2) is 4.79 Å². The molecule has 4 aromatic rings. The van der Waals surface area contributed by atoms with E-state index < -0.39 is 11.2 Å². The fourth-order valence-electron chi connectivity index (χ4n) is 3.18. The second kappa shape index (κ2) is 10.0. The second-order valence-corrected chi connectivity index (χ2v) is 9.06. The van der Waals surface area contributed by atoms with Gasteiger partial charge in [-0.1, -0.05) is 39.8 Å². The molecule has 9 nitrogen and oxygen atoms in total. The molecule has 3 N–H and O–H groups in total. The van der Waals surface area contributed by atoms with Gasteiger partial charge in [0.05, 0.1) is 5.75 Å². The van der Waals surface area contributed by atoms with E-state index in [1.54, 1.807) is 0 Å². The third-order valence-electron chi connectivity index (χ3n) is 4.59. The van der Waals surface area contributed by atoms with E-state index in [2.05, 4.69) is 41.4 Å². The first-order valence-corrected chi connectivity index (χ1v) is 11.7. The minimum absolute atomic E-state index is 0.127. The zero-order valence-electron chi connectivity index (χ0n) is 17.5. The lowest BCUT2D eigenvalue weighted by Gasteiger charge is -2.11. The predicted molar refractivity (Wildman–Crippen MR) is 130 cm³/mol. The van der Waals surface area contributed by atoms with Gasteiger partial charge in [-0.15, -0.1) is 10.2 Å². The fourth-order valence-corrected chi connectivity index (χ4v) is 4.22. The zero-order chi connectivity index (χ0) is 23.4. The summed E-state index contributed by atoms with van der Waals surface area (Å²) in [7, 11) is 0. The predicted octanol–water partition coefficient (Wildman–Crippen LogP) is 3.04. The van der Waals surface area contributed by atoms with E-state index in [1.165, 1.54) is 17.8 Å². The molecule has 2 aromatic heterocycles. The van der Waals surface area contributed by atoms with Crippen molar-refractivity contribution in [3.63, 3.8) is 0 Å². The van der Waals surface area contributed by atoms with Crippen molar-refractivity contribution in [1.82, 2.24) is 24.7 Å². The zero-order valence-corrected chi connectivity index (χ0v) is 19.9. The van der Waals surface area contributed by atoms with E-state index in [4.69, 9.17) is 0 Å². The first kappa shape index (κ1) is 22.7. The Balaban J connectivity index is 1.59. The Morgan fingerprint density at radius 2 is 1.88 bits per heavy atom. The molecule has 33 heavy (non-hydrogen) atoms. The van der Waals surface area contributed by atoms with Crippen LogP contribution >= 0.6 is 27.7 Å². The van der Waals surface area contributed by atoms with Crippen molar-refractivity contribution >= 4 is 39.3 Å². The monoisotopic (exact) mass is 526 g/mol. The molecule has 168 valence electrons. The van der Waals surface area contributed by atoms with E-state index in [-0.39, 0.29) is 18.1 Å². The molecule has 0 unspecified atom stereocenters. The summed E-state index contributed by atoms with van der Waals surface area (Å²) in [5.41, 5.74) is 1.89. The smallest absolute Gasteiger partial charge is 0.325 e. The average molecular weight is 527 g/mol. The summed E-state index contributed by atoms with van der Waals surface area (Å²) in [5, 5.41) is 11.9. The van der Waals surface area contributed by atoms with Gasteiger partial charge < -0.3 is 10.3 Å². The summed E-state index contributed by atoms with van der Waals surface area (Å²) in [5.74, 6) is 0.473. The van der Waals surface area contributed by atoms with Gasteiger partial charge in [0, 0.05) is 34.0 Å². The van der Waals surface area contributed by atoms with Crippen molar-refractivity contribution in [3.8, 4) is 5.69 Å². The lowest BCUT2D eigenvalue weighted by atomic mass is 10.2. The molecule has 2 heterocycles.